The van der Waals surface area contributed by atoms with E-state index in [0.717, 1.165) is 24.8 Å². The highest BCUT2D eigenvalue weighted by atomic mass is 35.5. The topological polar surface area (TPSA) is 40.5 Å². The fraction of sp³-hybridized carbons (Fsp3) is 0.562. The summed E-state index contributed by atoms with van der Waals surface area (Å²) in [4.78, 5) is 14.4. The van der Waals surface area contributed by atoms with Crippen molar-refractivity contribution in [2.45, 2.75) is 33.1 Å². The number of aryl methyl sites for hydroxylation is 1. The van der Waals surface area contributed by atoms with Crippen LogP contribution in [0.1, 0.15) is 42.1 Å². The summed E-state index contributed by atoms with van der Waals surface area (Å²) in [5.74, 6) is 0.00124. The lowest BCUT2D eigenvalue weighted by Crippen LogP contribution is -2.44. The number of halogens is 1. The largest absolute Gasteiger partial charge is 0.396 e. The lowest BCUT2D eigenvalue weighted by Gasteiger charge is -2.40. The van der Waals surface area contributed by atoms with Gasteiger partial charge in [0.15, 0.2) is 0 Å². The van der Waals surface area contributed by atoms with Crippen LogP contribution in [0, 0.1) is 12.3 Å². The van der Waals surface area contributed by atoms with Crippen LogP contribution in [0.3, 0.4) is 0 Å². The van der Waals surface area contributed by atoms with E-state index in [1.54, 1.807) is 6.07 Å². The summed E-state index contributed by atoms with van der Waals surface area (Å²) in [6.07, 6.45) is 2.67. The summed E-state index contributed by atoms with van der Waals surface area (Å²) in [5.41, 5.74) is 1.50. The summed E-state index contributed by atoms with van der Waals surface area (Å²) < 4.78 is 0. The second kappa shape index (κ2) is 6.15. The molecule has 1 aliphatic heterocycles. The Morgan fingerprint density at radius 1 is 1.40 bits per heavy atom. The molecule has 3 nitrogen and oxygen atoms in total. The van der Waals surface area contributed by atoms with Gasteiger partial charge in [-0.2, -0.15) is 0 Å². The molecular formula is C16H22ClNO2. The van der Waals surface area contributed by atoms with E-state index in [-0.39, 0.29) is 17.9 Å². The van der Waals surface area contributed by atoms with Crippen molar-refractivity contribution in [2.75, 3.05) is 19.7 Å². The van der Waals surface area contributed by atoms with Gasteiger partial charge in [-0.15, -0.1) is 0 Å². The molecule has 0 spiro atoms. The molecule has 20 heavy (non-hydrogen) atoms. The normalized spacial score (nSPS) is 18.1. The molecule has 2 rings (SSSR count). The third-order valence-electron chi connectivity index (χ3n) is 4.62. The Morgan fingerprint density at radius 2 is 2.05 bits per heavy atom. The van der Waals surface area contributed by atoms with Crippen LogP contribution in [0.15, 0.2) is 18.2 Å². The number of nitrogens with zero attached hydrogens (tertiary/aromatic N) is 1. The molecule has 1 aromatic rings. The number of aliphatic hydroxyl groups excluding tert-OH is 1. The monoisotopic (exact) mass is 295 g/mol. The Kier molecular flexibility index (Phi) is 4.71. The molecule has 1 fully saturated rings. The van der Waals surface area contributed by atoms with E-state index in [4.69, 9.17) is 11.6 Å². The molecule has 0 aromatic heterocycles. The average molecular weight is 296 g/mol. The number of rotatable bonds is 3. The summed E-state index contributed by atoms with van der Waals surface area (Å²) in [6, 6.07) is 5.55. The molecule has 1 N–H and O–H groups in total. The van der Waals surface area contributed by atoms with E-state index in [1.807, 2.05) is 24.0 Å². The van der Waals surface area contributed by atoms with Crippen molar-refractivity contribution in [3.8, 4) is 0 Å². The van der Waals surface area contributed by atoms with Gasteiger partial charge in [0, 0.05) is 19.7 Å². The number of hydrogen-bond acceptors (Lipinski definition) is 2. The zero-order valence-corrected chi connectivity index (χ0v) is 12.9. The van der Waals surface area contributed by atoms with E-state index < -0.39 is 0 Å². The third-order valence-corrected chi connectivity index (χ3v) is 5.12. The molecule has 1 aromatic carbocycles. The smallest absolute Gasteiger partial charge is 0.255 e. The zero-order chi connectivity index (χ0) is 14.8. The lowest BCUT2D eigenvalue weighted by molar-refractivity contribution is 0.0338. The predicted molar refractivity (Wildman–Crippen MR) is 81.1 cm³/mol. The molecule has 4 heteroatoms. The molecule has 0 atom stereocenters. The highest BCUT2D eigenvalue weighted by molar-refractivity contribution is 6.34. The lowest BCUT2D eigenvalue weighted by atomic mass is 9.77. The Morgan fingerprint density at radius 3 is 2.60 bits per heavy atom. The van der Waals surface area contributed by atoms with Gasteiger partial charge in [-0.25, -0.2) is 0 Å². The number of piperidine rings is 1. The van der Waals surface area contributed by atoms with Crippen LogP contribution in [0.5, 0.6) is 0 Å². The van der Waals surface area contributed by atoms with Crippen LogP contribution < -0.4 is 0 Å². The number of hydrogen-bond donors (Lipinski definition) is 1. The van der Waals surface area contributed by atoms with Gasteiger partial charge >= 0.3 is 0 Å². The van der Waals surface area contributed by atoms with Crippen molar-refractivity contribution in [1.29, 1.82) is 0 Å². The van der Waals surface area contributed by atoms with Crippen molar-refractivity contribution in [1.82, 2.24) is 4.90 Å². The maximum atomic E-state index is 12.5. The number of likely N-dealkylation sites (tertiary alicyclic amines) is 1. The van der Waals surface area contributed by atoms with Crippen LogP contribution in [0.25, 0.3) is 0 Å². The maximum Gasteiger partial charge on any atom is 0.255 e. The summed E-state index contributed by atoms with van der Waals surface area (Å²) >= 11 is 6.23. The van der Waals surface area contributed by atoms with Gasteiger partial charge < -0.3 is 10.0 Å². The quantitative estimate of drug-likeness (QED) is 0.930. The summed E-state index contributed by atoms with van der Waals surface area (Å²) in [7, 11) is 0. The van der Waals surface area contributed by atoms with Crippen molar-refractivity contribution in [3.63, 3.8) is 0 Å². The fourth-order valence-corrected chi connectivity index (χ4v) is 3.00. The molecule has 110 valence electrons. The van der Waals surface area contributed by atoms with E-state index in [1.165, 1.54) is 0 Å². The first-order chi connectivity index (χ1) is 9.53. The Hall–Kier alpha value is -1.06. The first-order valence-electron chi connectivity index (χ1n) is 7.18. The van der Waals surface area contributed by atoms with Crippen molar-refractivity contribution in [2.24, 2.45) is 5.41 Å². The molecule has 1 saturated heterocycles. The number of carbonyl (C=O) groups is 1. The number of carbonyl (C=O) groups excluding carboxylic acids is 1. The number of amides is 1. The minimum absolute atomic E-state index is 0.00124. The molecule has 0 unspecified atom stereocenters. The Labute approximate surface area is 125 Å². The van der Waals surface area contributed by atoms with Gasteiger partial charge in [-0.05, 0) is 43.2 Å². The van der Waals surface area contributed by atoms with Gasteiger partial charge in [-0.3, -0.25) is 4.79 Å². The van der Waals surface area contributed by atoms with Crippen LogP contribution in [0.4, 0.5) is 0 Å². The third kappa shape index (κ3) is 2.84. The molecule has 1 heterocycles. The zero-order valence-electron chi connectivity index (χ0n) is 12.2. The SMILES string of the molecule is CCC1(CO)CCN(C(=O)c2cccc(C)c2Cl)CC1. The minimum Gasteiger partial charge on any atom is -0.396 e. The van der Waals surface area contributed by atoms with Crippen molar-refractivity contribution in [3.05, 3.63) is 34.3 Å². The molecule has 0 bridgehead atoms. The minimum atomic E-state index is -0.00677. The molecule has 0 aliphatic carbocycles. The summed E-state index contributed by atoms with van der Waals surface area (Å²) in [6.45, 7) is 5.60. The first-order valence-corrected chi connectivity index (χ1v) is 7.56. The van der Waals surface area contributed by atoms with Crippen molar-refractivity contribution < 1.29 is 9.90 Å². The van der Waals surface area contributed by atoms with E-state index in [9.17, 15) is 9.90 Å². The predicted octanol–water partition coefficient (Wildman–Crippen LogP) is 3.27. The highest BCUT2D eigenvalue weighted by Crippen LogP contribution is 2.35. The Bertz CT molecular complexity index is 487. The van der Waals surface area contributed by atoms with Crippen LogP contribution in [-0.4, -0.2) is 35.6 Å². The van der Waals surface area contributed by atoms with Gasteiger partial charge in [0.2, 0.25) is 0 Å². The molecule has 1 amide bonds. The fourth-order valence-electron chi connectivity index (χ4n) is 2.79. The van der Waals surface area contributed by atoms with Crippen LogP contribution in [0.2, 0.25) is 5.02 Å². The molecule has 0 radical (unpaired) electrons. The second-order valence-corrected chi connectivity index (χ2v) is 6.12. The van der Waals surface area contributed by atoms with Crippen LogP contribution >= 0.6 is 11.6 Å². The molecule has 0 saturated carbocycles. The van der Waals surface area contributed by atoms with E-state index >= 15 is 0 Å². The van der Waals surface area contributed by atoms with Gasteiger partial charge in [0.25, 0.3) is 5.91 Å². The number of benzene rings is 1. The summed E-state index contributed by atoms with van der Waals surface area (Å²) in [5, 5.41) is 10.1. The van der Waals surface area contributed by atoms with Crippen molar-refractivity contribution >= 4 is 17.5 Å². The van der Waals surface area contributed by atoms with E-state index in [2.05, 4.69) is 6.92 Å². The number of aliphatic hydroxyl groups is 1. The standard InChI is InChI=1S/C16H22ClNO2/c1-3-16(11-19)7-9-18(10-8-16)15(20)13-6-4-5-12(2)14(13)17/h4-6,19H,3,7-11H2,1-2H3. The Balaban J connectivity index is 2.11. The van der Waals surface area contributed by atoms with Gasteiger partial charge in [0.1, 0.15) is 0 Å². The average Bonchev–Trinajstić information content (AvgIpc) is 2.49. The van der Waals surface area contributed by atoms with Gasteiger partial charge in [0.05, 0.1) is 10.6 Å². The molecule has 1 aliphatic rings. The van der Waals surface area contributed by atoms with E-state index in [0.29, 0.717) is 23.7 Å². The van der Waals surface area contributed by atoms with Crippen LogP contribution in [-0.2, 0) is 0 Å². The second-order valence-electron chi connectivity index (χ2n) is 5.74. The highest BCUT2D eigenvalue weighted by Gasteiger charge is 2.34. The first kappa shape index (κ1) is 15.3. The van der Waals surface area contributed by atoms with Gasteiger partial charge in [-0.1, -0.05) is 30.7 Å². The molecular weight excluding hydrogens is 274 g/mol. The maximum absolute atomic E-state index is 12.5.